The summed E-state index contributed by atoms with van der Waals surface area (Å²) >= 11 is 3.29. The molecular formula is C14H12BrN7O3S. The highest BCUT2D eigenvalue weighted by atomic mass is 79.9. The van der Waals surface area contributed by atoms with Gasteiger partial charge in [0.2, 0.25) is 15.8 Å². The van der Waals surface area contributed by atoms with E-state index >= 15 is 0 Å². The van der Waals surface area contributed by atoms with E-state index in [0.717, 1.165) is 6.26 Å². The van der Waals surface area contributed by atoms with Crippen molar-refractivity contribution in [3.63, 3.8) is 0 Å². The number of hydrogen-bond acceptors (Lipinski definition) is 8. The Morgan fingerprint density at radius 2 is 2.12 bits per heavy atom. The number of anilines is 1. The minimum Gasteiger partial charge on any atom is -0.508 e. The molecule has 0 aliphatic carbocycles. The molecule has 0 fully saturated rings. The number of phenols is 1. The molecule has 4 rings (SSSR count). The number of nitrogens with zero attached hydrogens (tertiary/aromatic N) is 5. The lowest BCUT2D eigenvalue weighted by Crippen LogP contribution is -2.13. The molecule has 3 N–H and O–H groups in total. The van der Waals surface area contributed by atoms with Crippen molar-refractivity contribution in [3.8, 4) is 5.75 Å². The van der Waals surface area contributed by atoms with Crippen molar-refractivity contribution >= 4 is 48.4 Å². The third kappa shape index (κ3) is 2.97. The number of benzene rings is 1. The van der Waals surface area contributed by atoms with Gasteiger partial charge >= 0.3 is 0 Å². The van der Waals surface area contributed by atoms with Crippen LogP contribution in [-0.4, -0.2) is 49.3 Å². The van der Waals surface area contributed by atoms with Crippen LogP contribution in [0.25, 0.3) is 16.7 Å². The van der Waals surface area contributed by atoms with Crippen molar-refractivity contribution in [1.82, 2.24) is 29.5 Å². The maximum absolute atomic E-state index is 11.8. The molecule has 3 aromatic heterocycles. The van der Waals surface area contributed by atoms with Crippen LogP contribution in [0.1, 0.15) is 5.82 Å². The summed E-state index contributed by atoms with van der Waals surface area (Å²) in [4.78, 5) is 15.6. The number of halogens is 1. The normalized spacial score (nSPS) is 12.1. The molecular weight excluding hydrogens is 426 g/mol. The quantitative estimate of drug-likeness (QED) is 0.436. The number of aromatic hydroxyl groups is 1. The Hall–Kier alpha value is -2.73. The van der Waals surface area contributed by atoms with Crippen molar-refractivity contribution in [3.05, 3.63) is 34.7 Å². The number of aromatic nitrogens is 6. The van der Waals surface area contributed by atoms with Gasteiger partial charge in [0, 0.05) is 12.3 Å². The first-order valence-electron chi connectivity index (χ1n) is 7.34. The second kappa shape index (κ2) is 5.92. The molecule has 10 nitrogen and oxygen atoms in total. The average Bonchev–Trinajstić information content (AvgIpc) is 3.15. The maximum Gasteiger partial charge on any atom is 0.252 e. The molecule has 0 saturated carbocycles. The molecule has 0 aliphatic rings. The van der Waals surface area contributed by atoms with E-state index in [0.29, 0.717) is 27.0 Å². The Morgan fingerprint density at radius 1 is 1.31 bits per heavy atom. The zero-order valence-corrected chi connectivity index (χ0v) is 15.7. The number of nitrogens with one attached hydrogen (secondary N) is 2. The highest BCUT2D eigenvalue weighted by Gasteiger charge is 2.18. The zero-order valence-electron chi connectivity index (χ0n) is 13.3. The molecule has 134 valence electrons. The maximum atomic E-state index is 11.8. The summed E-state index contributed by atoms with van der Waals surface area (Å²) in [6.45, 7) is 0.238. The van der Waals surface area contributed by atoms with Gasteiger partial charge in [0.25, 0.3) is 5.16 Å². The first-order valence-corrected chi connectivity index (χ1v) is 10.0. The van der Waals surface area contributed by atoms with Gasteiger partial charge < -0.3 is 15.4 Å². The number of rotatable bonds is 4. The van der Waals surface area contributed by atoms with Crippen LogP contribution in [0.4, 0.5) is 5.95 Å². The van der Waals surface area contributed by atoms with E-state index < -0.39 is 9.84 Å². The number of aromatic amines is 1. The van der Waals surface area contributed by atoms with Crippen LogP contribution in [0.15, 0.2) is 34.0 Å². The number of H-pyrrole nitrogens is 1. The summed E-state index contributed by atoms with van der Waals surface area (Å²) in [5.41, 5.74) is 1.72. The fourth-order valence-electron chi connectivity index (χ4n) is 2.41. The Kier molecular flexibility index (Phi) is 3.80. The summed E-state index contributed by atoms with van der Waals surface area (Å²) in [5.74, 6) is 0.936. The third-order valence-corrected chi connectivity index (χ3v) is 4.97. The largest absolute Gasteiger partial charge is 0.508 e. The molecule has 0 spiro atoms. The standard InChI is InChI=1S/C14H12BrN7O3S/c1-26(24,25)14-20-12-8(15)5-17-22(12)13(21-14)16-6-11-18-9-3-2-7(23)4-10(9)19-11/h2-5,23H,6H2,1H3,(H,18,19)(H,16,20,21). The third-order valence-electron chi connectivity index (χ3n) is 3.56. The molecule has 0 atom stereocenters. The van der Waals surface area contributed by atoms with Gasteiger partial charge in [-0.15, -0.1) is 0 Å². The van der Waals surface area contributed by atoms with Crippen LogP contribution in [0.3, 0.4) is 0 Å². The molecule has 12 heteroatoms. The molecule has 0 radical (unpaired) electrons. The molecule has 3 heterocycles. The fourth-order valence-corrected chi connectivity index (χ4v) is 3.26. The van der Waals surface area contributed by atoms with Crippen LogP contribution in [0.5, 0.6) is 5.75 Å². The van der Waals surface area contributed by atoms with Gasteiger partial charge in [-0.1, -0.05) is 0 Å². The van der Waals surface area contributed by atoms with Crippen LogP contribution in [0, 0.1) is 0 Å². The lowest BCUT2D eigenvalue weighted by atomic mass is 10.3. The van der Waals surface area contributed by atoms with Crippen LogP contribution in [-0.2, 0) is 16.4 Å². The van der Waals surface area contributed by atoms with E-state index in [-0.39, 0.29) is 23.4 Å². The minimum absolute atomic E-state index is 0.136. The number of hydrogen-bond donors (Lipinski definition) is 3. The average molecular weight is 438 g/mol. The van der Waals surface area contributed by atoms with Crippen molar-refractivity contribution in [1.29, 1.82) is 0 Å². The van der Waals surface area contributed by atoms with Gasteiger partial charge in [0.1, 0.15) is 11.6 Å². The Labute approximate surface area is 155 Å². The predicted octanol–water partition coefficient (Wildman–Crippen LogP) is 1.48. The zero-order chi connectivity index (χ0) is 18.5. The number of phenolic OH excluding ortho intramolecular Hbond substituents is 1. The van der Waals surface area contributed by atoms with Crippen LogP contribution in [0.2, 0.25) is 0 Å². The minimum atomic E-state index is -3.60. The summed E-state index contributed by atoms with van der Waals surface area (Å²) in [5, 5.41) is 16.4. The highest BCUT2D eigenvalue weighted by molar-refractivity contribution is 9.10. The first-order chi connectivity index (χ1) is 12.3. The van der Waals surface area contributed by atoms with Gasteiger partial charge in [-0.2, -0.15) is 19.6 Å². The van der Waals surface area contributed by atoms with Crippen molar-refractivity contribution in [2.24, 2.45) is 0 Å². The summed E-state index contributed by atoms with van der Waals surface area (Å²) in [7, 11) is -3.60. The van der Waals surface area contributed by atoms with Crippen LogP contribution < -0.4 is 5.32 Å². The Bertz CT molecular complexity index is 1250. The van der Waals surface area contributed by atoms with E-state index in [1.54, 1.807) is 18.2 Å². The smallest absolute Gasteiger partial charge is 0.252 e. The van der Waals surface area contributed by atoms with E-state index in [4.69, 9.17) is 0 Å². The van der Waals surface area contributed by atoms with Crippen molar-refractivity contribution in [2.75, 3.05) is 11.6 Å². The molecule has 0 amide bonds. The lowest BCUT2D eigenvalue weighted by Gasteiger charge is -2.07. The van der Waals surface area contributed by atoms with E-state index in [9.17, 15) is 13.5 Å². The molecule has 1 aromatic carbocycles. The fraction of sp³-hybridized carbons (Fsp3) is 0.143. The second-order valence-electron chi connectivity index (χ2n) is 5.57. The van der Waals surface area contributed by atoms with Gasteiger partial charge in [-0.3, -0.25) is 0 Å². The van der Waals surface area contributed by atoms with Gasteiger partial charge in [0.15, 0.2) is 5.65 Å². The molecule has 0 aliphatic heterocycles. The Morgan fingerprint density at radius 3 is 2.88 bits per heavy atom. The summed E-state index contributed by atoms with van der Waals surface area (Å²) in [6.07, 6.45) is 2.55. The van der Waals surface area contributed by atoms with Crippen LogP contribution >= 0.6 is 15.9 Å². The van der Waals surface area contributed by atoms with Gasteiger partial charge in [-0.25, -0.2) is 13.4 Å². The molecule has 0 saturated heterocycles. The molecule has 0 bridgehead atoms. The molecule has 4 aromatic rings. The molecule has 26 heavy (non-hydrogen) atoms. The first kappa shape index (κ1) is 16.7. The monoisotopic (exact) mass is 437 g/mol. The van der Waals surface area contributed by atoms with Gasteiger partial charge in [-0.05, 0) is 28.1 Å². The summed E-state index contributed by atoms with van der Waals surface area (Å²) in [6, 6.07) is 4.81. The number of sulfone groups is 1. The van der Waals surface area contributed by atoms with E-state index in [1.807, 2.05) is 0 Å². The predicted molar refractivity (Wildman–Crippen MR) is 96.7 cm³/mol. The molecule has 0 unspecified atom stereocenters. The van der Waals surface area contributed by atoms with E-state index in [2.05, 4.69) is 46.3 Å². The van der Waals surface area contributed by atoms with Crippen molar-refractivity contribution < 1.29 is 13.5 Å². The summed E-state index contributed by atoms with van der Waals surface area (Å²) < 4.78 is 25.6. The van der Waals surface area contributed by atoms with Crippen molar-refractivity contribution in [2.45, 2.75) is 11.7 Å². The Balaban J connectivity index is 1.71. The van der Waals surface area contributed by atoms with Gasteiger partial charge in [0.05, 0.1) is 28.2 Å². The second-order valence-corrected chi connectivity index (χ2v) is 8.33. The highest BCUT2D eigenvalue weighted by Crippen LogP contribution is 2.21. The number of imidazole rings is 1. The number of fused-ring (bicyclic) bond motifs is 2. The topological polar surface area (TPSA) is 138 Å². The van der Waals surface area contributed by atoms with E-state index in [1.165, 1.54) is 10.7 Å². The SMILES string of the molecule is CS(=O)(=O)c1nc(NCc2nc3ccc(O)cc3[nH]2)n2ncc(Br)c2n1. The lowest BCUT2D eigenvalue weighted by molar-refractivity contribution is 0.476.